The first-order chi connectivity index (χ1) is 17.2. The van der Waals surface area contributed by atoms with Crippen LogP contribution >= 0.6 is 0 Å². The number of aryl methyl sites for hydroxylation is 2. The third-order valence-corrected chi connectivity index (χ3v) is 7.27. The van der Waals surface area contributed by atoms with E-state index < -0.39 is 0 Å². The van der Waals surface area contributed by atoms with Crippen LogP contribution in [0, 0.1) is 13.8 Å². The van der Waals surface area contributed by atoms with Gasteiger partial charge in [-0.25, -0.2) is 0 Å². The molecule has 0 atom stereocenters. The second-order valence-corrected chi connectivity index (χ2v) is 9.53. The highest BCUT2D eigenvalue weighted by Gasteiger charge is 2.42. The molecule has 166 valence electrons. The Morgan fingerprint density at radius 1 is 0.600 bits per heavy atom. The van der Waals surface area contributed by atoms with Gasteiger partial charge in [-0.1, -0.05) is 78.4 Å². The first kappa shape index (κ1) is 20.2. The monoisotopic (exact) mass is 449 g/mol. The van der Waals surface area contributed by atoms with Crippen LogP contribution < -0.4 is 26.0 Å². The highest BCUT2D eigenvalue weighted by Crippen LogP contribution is 2.41. The topological polar surface area (TPSA) is 12.5 Å². The van der Waals surface area contributed by atoms with Gasteiger partial charge in [0.05, 0.1) is 0 Å². The minimum atomic E-state index is 0.115. The molecule has 5 aromatic carbocycles. The number of ether oxygens (including phenoxy) is 1. The summed E-state index contributed by atoms with van der Waals surface area (Å²) in [5.74, 6) is 1.89. The maximum atomic E-state index is 6.55. The van der Waals surface area contributed by atoms with Gasteiger partial charge in [-0.3, -0.25) is 0 Å². The fourth-order valence-electron chi connectivity index (χ4n) is 5.86. The van der Waals surface area contributed by atoms with Gasteiger partial charge < -0.3 is 9.64 Å². The molecule has 2 aliphatic heterocycles. The van der Waals surface area contributed by atoms with Gasteiger partial charge in [-0.15, -0.1) is 0 Å². The lowest BCUT2D eigenvalue weighted by atomic mass is 9.33. The molecular weight excluding hydrogens is 425 g/mol. The van der Waals surface area contributed by atoms with Gasteiger partial charge >= 0.3 is 0 Å². The van der Waals surface area contributed by atoms with Crippen LogP contribution in [0.25, 0.3) is 11.1 Å². The molecule has 0 saturated carbocycles. The summed E-state index contributed by atoms with van der Waals surface area (Å²) >= 11 is 0. The van der Waals surface area contributed by atoms with Crippen LogP contribution in [0.1, 0.15) is 11.1 Å². The Labute approximate surface area is 206 Å². The van der Waals surface area contributed by atoms with Gasteiger partial charge in [0.25, 0.3) is 6.71 Å². The molecule has 7 rings (SSSR count). The number of hydrogen-bond donors (Lipinski definition) is 0. The van der Waals surface area contributed by atoms with Crippen molar-refractivity contribution in [2.45, 2.75) is 13.8 Å². The lowest BCUT2D eigenvalue weighted by Gasteiger charge is -2.41. The molecule has 5 aromatic rings. The van der Waals surface area contributed by atoms with Crippen LogP contribution in [0.4, 0.5) is 17.1 Å². The number of rotatable bonds is 2. The van der Waals surface area contributed by atoms with Crippen molar-refractivity contribution < 1.29 is 4.74 Å². The molecular formula is C32H24BNO. The molecule has 3 heteroatoms. The van der Waals surface area contributed by atoms with Crippen molar-refractivity contribution in [3.63, 3.8) is 0 Å². The smallest absolute Gasteiger partial charge is 0.256 e. The highest BCUT2D eigenvalue weighted by atomic mass is 16.5. The van der Waals surface area contributed by atoms with Crippen LogP contribution in [0.3, 0.4) is 0 Å². The van der Waals surface area contributed by atoms with Crippen molar-refractivity contribution in [2.75, 3.05) is 4.90 Å². The minimum absolute atomic E-state index is 0.115. The molecule has 0 aliphatic carbocycles. The predicted molar refractivity (Wildman–Crippen MR) is 147 cm³/mol. The molecule has 0 amide bonds. The molecule has 2 heterocycles. The molecule has 0 N–H and O–H groups in total. The number of benzene rings is 5. The van der Waals surface area contributed by atoms with E-state index in [1.54, 1.807) is 0 Å². The van der Waals surface area contributed by atoms with Gasteiger partial charge in [0.1, 0.15) is 11.5 Å². The predicted octanol–water partition coefficient (Wildman–Crippen LogP) is 6.38. The summed E-state index contributed by atoms with van der Waals surface area (Å²) in [6, 6.07) is 39.0. The van der Waals surface area contributed by atoms with Crippen LogP contribution in [0.15, 0.2) is 109 Å². The fourth-order valence-corrected chi connectivity index (χ4v) is 5.86. The lowest BCUT2D eigenvalue weighted by molar-refractivity contribution is 0.487. The molecule has 0 aromatic heterocycles. The first-order valence-electron chi connectivity index (χ1n) is 12.2. The Morgan fingerprint density at radius 2 is 1.37 bits per heavy atom. The fraction of sp³-hybridized carbons (Fsp3) is 0.0625. The standard InChI is InChI=1S/C32H24BNO/c1-21-18-22(2)31-28(19-21)34(25-12-7-4-8-13-25)27-14-9-15-30-32(27)33(31)26-20-24(16-17-29(26)35-30)23-10-5-3-6-11-23/h3-20H,1-2H3. The van der Waals surface area contributed by atoms with Gasteiger partial charge in [0.15, 0.2) is 0 Å². The molecule has 0 fully saturated rings. The van der Waals surface area contributed by atoms with E-state index in [0.29, 0.717) is 0 Å². The zero-order chi connectivity index (χ0) is 23.5. The molecule has 0 saturated heterocycles. The molecule has 2 nitrogen and oxygen atoms in total. The Kier molecular flexibility index (Phi) is 4.40. The average molecular weight is 449 g/mol. The Bertz CT molecular complexity index is 1590. The summed E-state index contributed by atoms with van der Waals surface area (Å²) in [5.41, 5.74) is 12.4. The second-order valence-electron chi connectivity index (χ2n) is 9.53. The Morgan fingerprint density at radius 3 is 2.17 bits per heavy atom. The quantitative estimate of drug-likeness (QED) is 0.284. The third-order valence-electron chi connectivity index (χ3n) is 7.27. The lowest BCUT2D eigenvalue weighted by Crippen LogP contribution is -2.60. The molecule has 0 radical (unpaired) electrons. The zero-order valence-electron chi connectivity index (χ0n) is 19.8. The van der Waals surface area contributed by atoms with Crippen LogP contribution in [0.5, 0.6) is 11.5 Å². The molecule has 0 bridgehead atoms. The largest absolute Gasteiger partial charge is 0.458 e. The second kappa shape index (κ2) is 7.64. The number of para-hydroxylation sites is 1. The summed E-state index contributed by atoms with van der Waals surface area (Å²) in [4.78, 5) is 2.40. The van der Waals surface area contributed by atoms with Gasteiger partial charge in [0, 0.05) is 17.1 Å². The number of fused-ring (bicyclic) bond motifs is 4. The Hall–Kier alpha value is -4.24. The van der Waals surface area contributed by atoms with Crippen LogP contribution in [-0.2, 0) is 0 Å². The maximum Gasteiger partial charge on any atom is 0.256 e. The SMILES string of the molecule is Cc1cc(C)c2c(c1)N(c1ccccc1)c1cccc3c1B2c1cc(-c2ccccc2)ccc1O3. The van der Waals surface area contributed by atoms with Crippen molar-refractivity contribution in [2.24, 2.45) is 0 Å². The summed E-state index contributed by atoms with van der Waals surface area (Å²) in [6.45, 7) is 4.55. The van der Waals surface area contributed by atoms with Crippen molar-refractivity contribution in [3.05, 3.63) is 120 Å². The summed E-state index contributed by atoms with van der Waals surface area (Å²) in [7, 11) is 0. The molecule has 0 unspecified atom stereocenters. The molecule has 2 aliphatic rings. The van der Waals surface area contributed by atoms with Crippen LogP contribution in [-0.4, -0.2) is 6.71 Å². The minimum Gasteiger partial charge on any atom is -0.458 e. The van der Waals surface area contributed by atoms with E-state index in [4.69, 9.17) is 4.74 Å². The van der Waals surface area contributed by atoms with Crippen molar-refractivity contribution in [1.29, 1.82) is 0 Å². The summed E-state index contributed by atoms with van der Waals surface area (Å²) in [6.07, 6.45) is 0. The van der Waals surface area contributed by atoms with E-state index in [-0.39, 0.29) is 6.71 Å². The zero-order valence-corrected chi connectivity index (χ0v) is 19.8. The summed E-state index contributed by atoms with van der Waals surface area (Å²) in [5, 5.41) is 0. The highest BCUT2D eigenvalue weighted by molar-refractivity contribution is 6.99. The van der Waals surface area contributed by atoms with Crippen molar-refractivity contribution in [3.8, 4) is 22.6 Å². The normalized spacial score (nSPS) is 13.0. The number of nitrogens with zero attached hydrogens (tertiary/aromatic N) is 1. The van der Waals surface area contributed by atoms with E-state index in [1.807, 2.05) is 0 Å². The summed E-state index contributed by atoms with van der Waals surface area (Å²) < 4.78 is 6.55. The van der Waals surface area contributed by atoms with Gasteiger partial charge in [0.2, 0.25) is 0 Å². The van der Waals surface area contributed by atoms with Crippen molar-refractivity contribution >= 4 is 40.2 Å². The van der Waals surface area contributed by atoms with Crippen molar-refractivity contribution in [1.82, 2.24) is 0 Å². The molecule has 0 spiro atoms. The molecule has 35 heavy (non-hydrogen) atoms. The van der Waals surface area contributed by atoms with Crippen LogP contribution in [0.2, 0.25) is 0 Å². The average Bonchev–Trinajstić information content (AvgIpc) is 2.89. The Balaban J connectivity index is 1.53. The van der Waals surface area contributed by atoms with E-state index in [1.165, 1.54) is 50.0 Å². The first-order valence-corrected chi connectivity index (χ1v) is 12.2. The van der Waals surface area contributed by atoms with E-state index >= 15 is 0 Å². The van der Waals surface area contributed by atoms with Gasteiger partial charge in [-0.05, 0) is 83.3 Å². The number of anilines is 3. The maximum absolute atomic E-state index is 6.55. The van der Waals surface area contributed by atoms with E-state index in [0.717, 1.165) is 17.2 Å². The van der Waals surface area contributed by atoms with Gasteiger partial charge in [-0.2, -0.15) is 0 Å². The van der Waals surface area contributed by atoms with E-state index in [2.05, 4.69) is 128 Å². The van der Waals surface area contributed by atoms with E-state index in [9.17, 15) is 0 Å². The number of hydrogen-bond acceptors (Lipinski definition) is 2. The third kappa shape index (κ3) is 3.05.